The maximum atomic E-state index is 5.82. The summed E-state index contributed by atoms with van der Waals surface area (Å²) in [5.74, 6) is 0. The van der Waals surface area contributed by atoms with Crippen LogP contribution in [0, 0.1) is 0 Å². The van der Waals surface area contributed by atoms with Crippen molar-refractivity contribution in [2.24, 2.45) is 5.73 Å². The summed E-state index contributed by atoms with van der Waals surface area (Å²) in [6.07, 6.45) is 3.90. The lowest BCUT2D eigenvalue weighted by Gasteiger charge is -2.37. The molecule has 0 spiro atoms. The largest absolute Gasteiger partial charge is 0.327 e. The van der Waals surface area contributed by atoms with E-state index in [-0.39, 0.29) is 24.8 Å². The SMILES string of the molecule is CCCN1CCC(N(C)CC(C)N)CC1.Cl.Cl. The third-order valence-corrected chi connectivity index (χ3v) is 3.30. The van der Waals surface area contributed by atoms with Gasteiger partial charge in [-0.25, -0.2) is 0 Å². The van der Waals surface area contributed by atoms with Gasteiger partial charge in [-0.3, -0.25) is 0 Å². The molecule has 1 atom stereocenters. The van der Waals surface area contributed by atoms with Gasteiger partial charge < -0.3 is 15.5 Å². The summed E-state index contributed by atoms with van der Waals surface area (Å²) >= 11 is 0. The molecule has 1 rings (SSSR count). The zero-order chi connectivity index (χ0) is 11.3. The van der Waals surface area contributed by atoms with Crippen molar-refractivity contribution >= 4 is 24.8 Å². The molecule has 2 N–H and O–H groups in total. The van der Waals surface area contributed by atoms with Crippen molar-refractivity contribution in [3.63, 3.8) is 0 Å². The van der Waals surface area contributed by atoms with E-state index in [9.17, 15) is 0 Å². The fraction of sp³-hybridized carbons (Fsp3) is 1.00. The molecule has 0 saturated carbocycles. The Balaban J connectivity index is 0. The van der Waals surface area contributed by atoms with E-state index in [2.05, 4.69) is 30.7 Å². The monoisotopic (exact) mass is 285 g/mol. The third-order valence-electron chi connectivity index (χ3n) is 3.30. The standard InChI is InChI=1S/C12H27N3.2ClH/c1-4-7-15-8-5-12(6-9-15)14(3)10-11(2)13;;/h11-12H,4-10,13H2,1-3H3;2*1H. The number of nitrogens with two attached hydrogens (primary N) is 1. The van der Waals surface area contributed by atoms with Gasteiger partial charge in [0.25, 0.3) is 0 Å². The van der Waals surface area contributed by atoms with E-state index in [4.69, 9.17) is 5.73 Å². The zero-order valence-electron chi connectivity index (χ0n) is 11.4. The lowest BCUT2D eigenvalue weighted by Crippen LogP contribution is -2.46. The number of halogens is 2. The Morgan fingerprint density at radius 3 is 2.24 bits per heavy atom. The molecule has 1 fully saturated rings. The van der Waals surface area contributed by atoms with Crippen molar-refractivity contribution in [3.8, 4) is 0 Å². The van der Waals surface area contributed by atoms with Gasteiger partial charge in [-0.1, -0.05) is 6.92 Å². The molecule has 0 aromatic heterocycles. The number of rotatable bonds is 5. The molecule has 5 heteroatoms. The first-order chi connectivity index (χ1) is 7.13. The Hall–Kier alpha value is 0.460. The quantitative estimate of drug-likeness (QED) is 0.839. The molecule has 0 aliphatic carbocycles. The molecule has 1 saturated heterocycles. The van der Waals surface area contributed by atoms with Crippen LogP contribution in [0.5, 0.6) is 0 Å². The highest BCUT2D eigenvalue weighted by atomic mass is 35.5. The van der Waals surface area contributed by atoms with Crippen LogP contribution in [0.3, 0.4) is 0 Å². The molecule has 1 unspecified atom stereocenters. The summed E-state index contributed by atoms with van der Waals surface area (Å²) in [4.78, 5) is 5.02. The summed E-state index contributed by atoms with van der Waals surface area (Å²) in [6, 6.07) is 1.05. The predicted molar refractivity (Wildman–Crippen MR) is 80.5 cm³/mol. The van der Waals surface area contributed by atoms with Gasteiger partial charge in [0, 0.05) is 18.6 Å². The maximum absolute atomic E-state index is 5.82. The first kappa shape index (κ1) is 19.8. The Kier molecular flexibility index (Phi) is 12.1. The molecule has 1 heterocycles. The van der Waals surface area contributed by atoms with Crippen molar-refractivity contribution in [2.45, 2.75) is 45.2 Å². The van der Waals surface area contributed by atoms with Crippen LogP contribution in [0.4, 0.5) is 0 Å². The molecule has 17 heavy (non-hydrogen) atoms. The van der Waals surface area contributed by atoms with Crippen LogP contribution >= 0.6 is 24.8 Å². The van der Waals surface area contributed by atoms with Gasteiger partial charge in [0.2, 0.25) is 0 Å². The van der Waals surface area contributed by atoms with Crippen LogP contribution in [-0.4, -0.2) is 55.1 Å². The maximum Gasteiger partial charge on any atom is 0.0139 e. The molecule has 106 valence electrons. The second-order valence-electron chi connectivity index (χ2n) is 4.99. The number of hydrogen-bond donors (Lipinski definition) is 1. The highest BCUT2D eigenvalue weighted by Crippen LogP contribution is 2.15. The minimum absolute atomic E-state index is 0. The van der Waals surface area contributed by atoms with E-state index in [1.165, 1.54) is 38.9 Å². The molecule has 3 nitrogen and oxygen atoms in total. The number of piperidine rings is 1. The van der Waals surface area contributed by atoms with E-state index in [1.54, 1.807) is 0 Å². The van der Waals surface area contributed by atoms with Crippen LogP contribution in [-0.2, 0) is 0 Å². The van der Waals surface area contributed by atoms with Crippen LogP contribution in [0.2, 0.25) is 0 Å². The van der Waals surface area contributed by atoms with E-state index in [0.717, 1.165) is 12.6 Å². The Morgan fingerprint density at radius 2 is 1.82 bits per heavy atom. The molecular formula is C12H29Cl2N3. The van der Waals surface area contributed by atoms with Crippen LogP contribution in [0.15, 0.2) is 0 Å². The van der Waals surface area contributed by atoms with Crippen molar-refractivity contribution in [1.82, 2.24) is 9.80 Å². The summed E-state index contributed by atoms with van der Waals surface area (Å²) in [5.41, 5.74) is 5.82. The summed E-state index contributed by atoms with van der Waals surface area (Å²) in [5, 5.41) is 0. The number of hydrogen-bond acceptors (Lipinski definition) is 3. The average Bonchev–Trinajstić information content (AvgIpc) is 2.18. The third kappa shape index (κ3) is 7.47. The Bertz CT molecular complexity index is 171. The number of likely N-dealkylation sites (N-methyl/N-ethyl adjacent to an activating group) is 1. The first-order valence-electron chi connectivity index (χ1n) is 6.31. The first-order valence-corrected chi connectivity index (χ1v) is 6.31. The molecule has 0 radical (unpaired) electrons. The molecule has 1 aliphatic rings. The smallest absolute Gasteiger partial charge is 0.0139 e. The molecule has 0 amide bonds. The normalized spacial score (nSPS) is 19.6. The lowest BCUT2D eigenvalue weighted by molar-refractivity contribution is 0.124. The Morgan fingerprint density at radius 1 is 1.29 bits per heavy atom. The van der Waals surface area contributed by atoms with Gasteiger partial charge in [0.15, 0.2) is 0 Å². The van der Waals surface area contributed by atoms with Gasteiger partial charge in [0.1, 0.15) is 0 Å². The molecule has 1 aliphatic heterocycles. The van der Waals surface area contributed by atoms with Gasteiger partial charge in [-0.2, -0.15) is 0 Å². The average molecular weight is 286 g/mol. The van der Waals surface area contributed by atoms with Crippen molar-refractivity contribution in [1.29, 1.82) is 0 Å². The van der Waals surface area contributed by atoms with E-state index in [0.29, 0.717) is 6.04 Å². The van der Waals surface area contributed by atoms with Gasteiger partial charge in [0.05, 0.1) is 0 Å². The minimum Gasteiger partial charge on any atom is -0.327 e. The fourth-order valence-electron chi connectivity index (χ4n) is 2.50. The van der Waals surface area contributed by atoms with Crippen LogP contribution in [0.25, 0.3) is 0 Å². The summed E-state index contributed by atoms with van der Waals surface area (Å²) < 4.78 is 0. The summed E-state index contributed by atoms with van der Waals surface area (Å²) in [7, 11) is 2.21. The second kappa shape index (κ2) is 10.4. The fourth-order valence-corrected chi connectivity index (χ4v) is 2.50. The predicted octanol–water partition coefficient (Wildman–Crippen LogP) is 1.98. The topological polar surface area (TPSA) is 32.5 Å². The van der Waals surface area contributed by atoms with E-state index >= 15 is 0 Å². The van der Waals surface area contributed by atoms with Crippen molar-refractivity contribution in [3.05, 3.63) is 0 Å². The lowest BCUT2D eigenvalue weighted by atomic mass is 10.0. The Labute approximate surface area is 119 Å². The van der Waals surface area contributed by atoms with E-state index < -0.39 is 0 Å². The number of likely N-dealkylation sites (tertiary alicyclic amines) is 1. The number of nitrogens with zero attached hydrogens (tertiary/aromatic N) is 2. The van der Waals surface area contributed by atoms with E-state index in [1.807, 2.05) is 0 Å². The second-order valence-corrected chi connectivity index (χ2v) is 4.99. The van der Waals surface area contributed by atoms with Gasteiger partial charge >= 0.3 is 0 Å². The van der Waals surface area contributed by atoms with Crippen LogP contribution in [0.1, 0.15) is 33.1 Å². The van der Waals surface area contributed by atoms with Gasteiger partial charge in [-0.15, -0.1) is 24.8 Å². The molecule has 0 aromatic rings. The zero-order valence-corrected chi connectivity index (χ0v) is 13.0. The van der Waals surface area contributed by atoms with Crippen molar-refractivity contribution in [2.75, 3.05) is 33.2 Å². The minimum atomic E-state index is 0. The molecular weight excluding hydrogens is 257 g/mol. The van der Waals surface area contributed by atoms with Crippen molar-refractivity contribution < 1.29 is 0 Å². The molecule has 0 bridgehead atoms. The molecule has 0 aromatic carbocycles. The highest BCUT2D eigenvalue weighted by molar-refractivity contribution is 5.85. The van der Waals surface area contributed by atoms with Gasteiger partial charge in [-0.05, 0) is 52.9 Å². The summed E-state index contributed by atoms with van der Waals surface area (Å²) in [6.45, 7) is 9.17. The highest BCUT2D eigenvalue weighted by Gasteiger charge is 2.21. The van der Waals surface area contributed by atoms with Crippen LogP contribution < -0.4 is 5.73 Å².